The molecule has 1 aromatic rings. The third kappa shape index (κ3) is 1.26. The van der Waals surface area contributed by atoms with Crippen molar-refractivity contribution >= 4 is 15.6 Å². The fourth-order valence-electron chi connectivity index (χ4n) is 0.895. The molecule has 0 bridgehead atoms. The first-order chi connectivity index (χ1) is 4.61. The van der Waals surface area contributed by atoms with E-state index in [4.69, 9.17) is 0 Å². The summed E-state index contributed by atoms with van der Waals surface area (Å²) in [4.78, 5) is 4.25. The third-order valence-corrected chi connectivity index (χ3v) is 2.03. The number of aryl methyl sites for hydroxylation is 2. The molecule has 1 nitrogen and oxygen atoms in total. The predicted molar refractivity (Wildman–Crippen MR) is 43.8 cm³/mol. The molecule has 0 saturated heterocycles. The van der Waals surface area contributed by atoms with Gasteiger partial charge in [0.2, 0.25) is 0 Å². The van der Waals surface area contributed by atoms with E-state index in [-0.39, 0.29) is 0 Å². The van der Waals surface area contributed by atoms with Gasteiger partial charge in [-0.1, -0.05) is 0 Å². The van der Waals surface area contributed by atoms with E-state index >= 15 is 0 Å². The highest BCUT2D eigenvalue weighted by molar-refractivity contribution is 6.30. The number of nitrogens with zero attached hydrogens (tertiary/aromatic N) is 1. The molecule has 0 amide bonds. The Morgan fingerprint density at radius 2 is 1.90 bits per heavy atom. The summed E-state index contributed by atoms with van der Waals surface area (Å²) in [6.45, 7) is 6.20. The maximum Gasteiger partial charge on any atom is 0.0995 e. The SMILES string of the molecule is Cc1cc([Si])nc(C)c1C. The van der Waals surface area contributed by atoms with Gasteiger partial charge in [0.15, 0.2) is 0 Å². The molecule has 1 rings (SSSR count). The van der Waals surface area contributed by atoms with Gasteiger partial charge in [-0.25, -0.2) is 0 Å². The lowest BCUT2D eigenvalue weighted by Crippen LogP contribution is -2.11. The average molecular weight is 148 g/mol. The molecule has 0 aromatic carbocycles. The van der Waals surface area contributed by atoms with Crippen LogP contribution in [-0.2, 0) is 0 Å². The maximum absolute atomic E-state index is 4.25. The van der Waals surface area contributed by atoms with Crippen LogP contribution in [0.5, 0.6) is 0 Å². The van der Waals surface area contributed by atoms with Crippen molar-refractivity contribution in [3.05, 3.63) is 22.9 Å². The summed E-state index contributed by atoms with van der Waals surface area (Å²) in [5.41, 5.74) is 3.67. The molecule has 2 heteroatoms. The molecular weight excluding hydrogens is 138 g/mol. The second-order valence-electron chi connectivity index (χ2n) is 2.53. The number of aromatic nitrogens is 1. The zero-order valence-corrected chi connectivity index (χ0v) is 7.52. The van der Waals surface area contributed by atoms with Crippen LogP contribution in [0.1, 0.15) is 16.8 Å². The Hall–Kier alpha value is -0.633. The second-order valence-corrected chi connectivity index (χ2v) is 3.05. The van der Waals surface area contributed by atoms with Gasteiger partial charge in [0, 0.05) is 11.0 Å². The van der Waals surface area contributed by atoms with Crippen molar-refractivity contribution in [3.8, 4) is 0 Å². The Bertz CT molecular complexity index is 232. The number of hydrogen-bond acceptors (Lipinski definition) is 1. The molecule has 0 aliphatic carbocycles. The zero-order valence-electron chi connectivity index (χ0n) is 6.52. The Morgan fingerprint density at radius 1 is 1.30 bits per heavy atom. The summed E-state index contributed by atoms with van der Waals surface area (Å²) in [5, 5.41) is 0.917. The topological polar surface area (TPSA) is 12.9 Å². The summed E-state index contributed by atoms with van der Waals surface area (Å²) in [6.07, 6.45) is 0. The fraction of sp³-hybridized carbons (Fsp3) is 0.375. The van der Waals surface area contributed by atoms with Crippen molar-refractivity contribution in [1.29, 1.82) is 0 Å². The monoisotopic (exact) mass is 148 g/mol. The highest BCUT2D eigenvalue weighted by Gasteiger charge is 1.97. The van der Waals surface area contributed by atoms with Gasteiger partial charge in [-0.3, -0.25) is 4.98 Å². The predicted octanol–water partition coefficient (Wildman–Crippen LogP) is 0.801. The number of rotatable bonds is 0. The minimum atomic E-state index is 0.917. The lowest BCUT2D eigenvalue weighted by atomic mass is 10.1. The smallest absolute Gasteiger partial charge is 0.0995 e. The molecule has 10 heavy (non-hydrogen) atoms. The normalized spacial score (nSPS) is 10.0. The molecular formula is C8H10NSi. The minimum Gasteiger partial charge on any atom is -0.264 e. The quantitative estimate of drug-likeness (QED) is 0.496. The minimum absolute atomic E-state index is 0.917. The van der Waals surface area contributed by atoms with Crippen LogP contribution >= 0.6 is 0 Å². The second kappa shape index (κ2) is 2.54. The molecule has 0 atom stereocenters. The lowest BCUT2D eigenvalue weighted by molar-refractivity contribution is 1.15. The van der Waals surface area contributed by atoms with Crippen molar-refractivity contribution in [3.63, 3.8) is 0 Å². The standard InChI is InChI=1S/C8H10NSi/c1-5-4-8(10)9-7(3)6(5)2/h4H,1-3H3. The average Bonchev–Trinajstić information content (AvgIpc) is 1.82. The van der Waals surface area contributed by atoms with Gasteiger partial charge in [0.25, 0.3) is 0 Å². The maximum atomic E-state index is 4.25. The summed E-state index contributed by atoms with van der Waals surface area (Å²) in [6, 6.07) is 2.03. The molecule has 0 spiro atoms. The summed E-state index contributed by atoms with van der Waals surface area (Å²) < 4.78 is 0. The van der Waals surface area contributed by atoms with Crippen LogP contribution in [0.25, 0.3) is 0 Å². The van der Waals surface area contributed by atoms with Gasteiger partial charge in [-0.05, 0) is 38.0 Å². The molecule has 51 valence electrons. The van der Waals surface area contributed by atoms with E-state index in [0.29, 0.717) is 0 Å². The molecule has 0 fully saturated rings. The van der Waals surface area contributed by atoms with Gasteiger partial charge >= 0.3 is 0 Å². The molecule has 0 saturated carbocycles. The van der Waals surface area contributed by atoms with Gasteiger partial charge in [-0.15, -0.1) is 0 Å². The zero-order chi connectivity index (χ0) is 7.72. The van der Waals surface area contributed by atoms with Gasteiger partial charge in [0.1, 0.15) is 0 Å². The van der Waals surface area contributed by atoms with Gasteiger partial charge in [0.05, 0.1) is 10.2 Å². The molecule has 1 heterocycles. The van der Waals surface area contributed by atoms with Crippen LogP contribution in [0.3, 0.4) is 0 Å². The number of pyridine rings is 1. The molecule has 1 aromatic heterocycles. The number of hydrogen-bond donors (Lipinski definition) is 0. The van der Waals surface area contributed by atoms with E-state index < -0.39 is 0 Å². The highest BCUT2D eigenvalue weighted by atomic mass is 28.1. The van der Waals surface area contributed by atoms with Crippen molar-refractivity contribution in [2.45, 2.75) is 20.8 Å². The summed E-state index contributed by atoms with van der Waals surface area (Å²) >= 11 is 0. The lowest BCUT2D eigenvalue weighted by Gasteiger charge is -2.03. The van der Waals surface area contributed by atoms with Crippen molar-refractivity contribution in [1.82, 2.24) is 4.98 Å². The Kier molecular flexibility index (Phi) is 1.90. The van der Waals surface area contributed by atoms with E-state index in [1.54, 1.807) is 0 Å². The van der Waals surface area contributed by atoms with Crippen molar-refractivity contribution in [2.75, 3.05) is 0 Å². The van der Waals surface area contributed by atoms with E-state index in [9.17, 15) is 0 Å². The fourth-order valence-corrected chi connectivity index (χ4v) is 1.28. The molecule has 0 unspecified atom stereocenters. The summed E-state index contributed by atoms with van der Waals surface area (Å²) in [7, 11) is 3.38. The molecule has 0 aliphatic heterocycles. The van der Waals surface area contributed by atoms with Crippen LogP contribution in [0, 0.1) is 20.8 Å². The largest absolute Gasteiger partial charge is 0.264 e. The summed E-state index contributed by atoms with van der Waals surface area (Å²) in [5.74, 6) is 0. The first kappa shape index (κ1) is 7.47. The molecule has 0 N–H and O–H groups in total. The highest BCUT2D eigenvalue weighted by Crippen LogP contribution is 2.05. The third-order valence-electron chi connectivity index (χ3n) is 1.78. The first-order valence-corrected chi connectivity index (χ1v) is 3.77. The first-order valence-electron chi connectivity index (χ1n) is 3.27. The van der Waals surface area contributed by atoms with Crippen LogP contribution < -0.4 is 5.32 Å². The Morgan fingerprint density at radius 3 is 2.40 bits per heavy atom. The van der Waals surface area contributed by atoms with Crippen LogP contribution in [0.15, 0.2) is 6.07 Å². The van der Waals surface area contributed by atoms with Crippen LogP contribution in [0.4, 0.5) is 0 Å². The van der Waals surface area contributed by atoms with Crippen LogP contribution in [0.2, 0.25) is 0 Å². The molecule has 3 radical (unpaired) electrons. The Labute approximate surface area is 64.9 Å². The van der Waals surface area contributed by atoms with Crippen LogP contribution in [-0.4, -0.2) is 15.2 Å². The Balaban J connectivity index is 3.31. The van der Waals surface area contributed by atoms with Crippen molar-refractivity contribution in [2.24, 2.45) is 0 Å². The van der Waals surface area contributed by atoms with E-state index in [1.165, 1.54) is 11.1 Å². The van der Waals surface area contributed by atoms with E-state index in [1.807, 2.05) is 13.0 Å². The van der Waals surface area contributed by atoms with Gasteiger partial charge in [-0.2, -0.15) is 0 Å². The van der Waals surface area contributed by atoms with Crippen molar-refractivity contribution < 1.29 is 0 Å². The molecule has 0 aliphatic rings. The van der Waals surface area contributed by atoms with E-state index in [2.05, 4.69) is 29.1 Å². The van der Waals surface area contributed by atoms with E-state index in [0.717, 1.165) is 11.0 Å². The van der Waals surface area contributed by atoms with Gasteiger partial charge < -0.3 is 0 Å².